The monoisotopic (exact) mass is 455 g/mol. The maximum Gasteiger partial charge on any atom is 0.328 e. The van der Waals surface area contributed by atoms with E-state index in [4.69, 9.17) is 9.94 Å². The van der Waals surface area contributed by atoms with Gasteiger partial charge in [-0.2, -0.15) is 0 Å². The van der Waals surface area contributed by atoms with E-state index in [2.05, 4.69) is 0 Å². The van der Waals surface area contributed by atoms with Crippen molar-refractivity contribution in [3.05, 3.63) is 29.8 Å². The molecule has 178 valence electrons. The number of methoxy groups -OCH3 is 1. The van der Waals surface area contributed by atoms with Crippen molar-refractivity contribution in [2.75, 3.05) is 7.11 Å². The molecule has 33 heavy (non-hydrogen) atoms. The number of hydrogen-bond acceptors (Lipinski definition) is 5. The number of urea groups is 1. The molecule has 4 bridgehead atoms. The molecule has 1 aliphatic heterocycles. The van der Waals surface area contributed by atoms with Crippen molar-refractivity contribution in [3.63, 3.8) is 0 Å². The molecule has 1 aromatic carbocycles. The molecule has 8 heteroatoms. The zero-order valence-electron chi connectivity index (χ0n) is 19.2. The second-order valence-corrected chi connectivity index (χ2v) is 10.5. The average Bonchev–Trinajstić information content (AvgIpc) is 3.02. The minimum Gasteiger partial charge on any atom is -0.496 e. The van der Waals surface area contributed by atoms with Crippen LogP contribution in [0.4, 0.5) is 4.79 Å². The number of carbonyl (C=O) groups excluding carboxylic acids is 3. The summed E-state index contributed by atoms with van der Waals surface area (Å²) in [5.74, 6) is 1.93. The van der Waals surface area contributed by atoms with E-state index in [1.807, 2.05) is 24.3 Å². The standard InChI is InChI=1S/C25H33N3O5/c1-33-21-7-3-2-5-19(21)15-27-20(6-4-8-22(29)26-32)23(30)28(24(27)31)25-12-16-9-17(13-25)11-18(10-16)14-25/h2-3,5,7,16-18,20,32H,4,6,8-15H2,1H3,(H,26,29). The molecule has 4 amide bonds. The lowest BCUT2D eigenvalue weighted by molar-refractivity contribution is -0.141. The molecule has 5 fully saturated rings. The van der Waals surface area contributed by atoms with Crippen molar-refractivity contribution >= 4 is 17.8 Å². The predicted octanol–water partition coefficient (Wildman–Crippen LogP) is 3.47. The topological polar surface area (TPSA) is 99.2 Å². The Balaban J connectivity index is 1.43. The van der Waals surface area contributed by atoms with Crippen LogP contribution in [0.15, 0.2) is 24.3 Å². The lowest BCUT2D eigenvalue weighted by Gasteiger charge is -2.58. The summed E-state index contributed by atoms with van der Waals surface area (Å²) >= 11 is 0. The number of nitrogens with zero attached hydrogens (tertiary/aromatic N) is 2. The van der Waals surface area contributed by atoms with Gasteiger partial charge < -0.3 is 9.64 Å². The fraction of sp³-hybridized carbons (Fsp3) is 0.640. The first-order chi connectivity index (χ1) is 15.9. The van der Waals surface area contributed by atoms with Gasteiger partial charge in [-0.1, -0.05) is 18.2 Å². The molecule has 1 atom stereocenters. The Kier molecular flexibility index (Phi) is 5.80. The van der Waals surface area contributed by atoms with Crippen molar-refractivity contribution < 1.29 is 24.3 Å². The van der Waals surface area contributed by atoms with Crippen molar-refractivity contribution in [3.8, 4) is 5.75 Å². The fourth-order valence-corrected chi connectivity index (χ4v) is 7.40. The quantitative estimate of drug-likeness (QED) is 0.355. The van der Waals surface area contributed by atoms with Crippen molar-refractivity contribution in [2.45, 2.75) is 75.9 Å². The Labute approximate surface area is 194 Å². The summed E-state index contributed by atoms with van der Waals surface area (Å²) in [5.41, 5.74) is 2.15. The van der Waals surface area contributed by atoms with E-state index in [0.29, 0.717) is 36.3 Å². The number of hydroxylamine groups is 1. The number of para-hydroxylation sites is 1. The summed E-state index contributed by atoms with van der Waals surface area (Å²) in [6, 6.07) is 6.74. The lowest BCUT2D eigenvalue weighted by Crippen LogP contribution is -2.62. The summed E-state index contributed by atoms with van der Waals surface area (Å²) in [4.78, 5) is 42.5. The maximum atomic E-state index is 13.9. The molecule has 8 nitrogen and oxygen atoms in total. The van der Waals surface area contributed by atoms with E-state index in [-0.39, 0.29) is 30.4 Å². The van der Waals surface area contributed by atoms with E-state index in [0.717, 1.165) is 24.8 Å². The van der Waals surface area contributed by atoms with Gasteiger partial charge in [0, 0.05) is 12.0 Å². The van der Waals surface area contributed by atoms with Gasteiger partial charge in [-0.05, 0) is 75.2 Å². The van der Waals surface area contributed by atoms with Gasteiger partial charge in [0.25, 0.3) is 5.91 Å². The molecule has 2 N–H and O–H groups in total. The van der Waals surface area contributed by atoms with Crippen LogP contribution >= 0.6 is 0 Å². The Hall–Kier alpha value is -2.61. The number of nitrogens with one attached hydrogen (secondary N) is 1. The minimum absolute atomic E-state index is 0.105. The number of benzene rings is 1. The molecule has 1 heterocycles. The van der Waals surface area contributed by atoms with Crippen LogP contribution < -0.4 is 10.2 Å². The highest BCUT2D eigenvalue weighted by Gasteiger charge is 2.60. The van der Waals surface area contributed by atoms with Crippen LogP contribution in [-0.4, -0.2) is 51.5 Å². The van der Waals surface area contributed by atoms with Gasteiger partial charge in [0.1, 0.15) is 11.8 Å². The van der Waals surface area contributed by atoms with Crippen LogP contribution in [0.5, 0.6) is 5.75 Å². The van der Waals surface area contributed by atoms with E-state index < -0.39 is 11.9 Å². The second kappa shape index (κ2) is 8.63. The summed E-state index contributed by atoms with van der Waals surface area (Å²) in [6.45, 7) is 0.286. The zero-order valence-corrected chi connectivity index (χ0v) is 19.2. The number of imide groups is 1. The van der Waals surface area contributed by atoms with Crippen LogP contribution in [0.2, 0.25) is 0 Å². The van der Waals surface area contributed by atoms with Crippen LogP contribution in [0, 0.1) is 17.8 Å². The van der Waals surface area contributed by atoms with Crippen LogP contribution in [0.25, 0.3) is 0 Å². The highest BCUT2D eigenvalue weighted by Crippen LogP contribution is 2.58. The third-order valence-corrected chi connectivity index (χ3v) is 8.34. The smallest absolute Gasteiger partial charge is 0.328 e. The number of carbonyl (C=O) groups is 3. The summed E-state index contributed by atoms with van der Waals surface area (Å²) in [7, 11) is 1.60. The highest BCUT2D eigenvalue weighted by molar-refractivity contribution is 6.05. The van der Waals surface area contributed by atoms with Crippen molar-refractivity contribution in [2.24, 2.45) is 17.8 Å². The molecule has 0 spiro atoms. The summed E-state index contributed by atoms with van der Waals surface area (Å²) in [6.07, 6.45) is 7.40. The molecule has 0 radical (unpaired) electrons. The third-order valence-electron chi connectivity index (χ3n) is 8.34. The van der Waals surface area contributed by atoms with Crippen LogP contribution in [0.1, 0.15) is 63.4 Å². The van der Waals surface area contributed by atoms with Crippen LogP contribution in [-0.2, 0) is 16.1 Å². The number of ether oxygens (including phenoxy) is 1. The Morgan fingerprint density at radius 2 is 1.76 bits per heavy atom. The van der Waals surface area contributed by atoms with Gasteiger partial charge in [0.15, 0.2) is 0 Å². The molecule has 4 saturated carbocycles. The van der Waals surface area contributed by atoms with Gasteiger partial charge in [-0.3, -0.25) is 19.7 Å². The highest BCUT2D eigenvalue weighted by atomic mass is 16.5. The SMILES string of the molecule is COc1ccccc1CN1C(=O)N(C23CC4CC(CC(C4)C2)C3)C(=O)C1CCCC(=O)NO. The van der Waals surface area contributed by atoms with Crippen molar-refractivity contribution in [1.82, 2.24) is 15.3 Å². The number of rotatable bonds is 8. The summed E-state index contributed by atoms with van der Waals surface area (Å²) in [5, 5.41) is 8.81. The maximum absolute atomic E-state index is 13.9. The predicted molar refractivity (Wildman–Crippen MR) is 119 cm³/mol. The van der Waals surface area contributed by atoms with Gasteiger partial charge in [0.2, 0.25) is 5.91 Å². The van der Waals surface area contributed by atoms with E-state index in [1.165, 1.54) is 19.3 Å². The first-order valence-corrected chi connectivity index (χ1v) is 12.1. The first kappa shape index (κ1) is 22.2. The van der Waals surface area contributed by atoms with E-state index >= 15 is 0 Å². The molecular formula is C25H33N3O5. The average molecular weight is 456 g/mol. The van der Waals surface area contributed by atoms with E-state index in [1.54, 1.807) is 22.4 Å². The lowest BCUT2D eigenvalue weighted by atomic mass is 9.52. The normalized spacial score (nSPS) is 32.5. The second-order valence-electron chi connectivity index (χ2n) is 10.5. The Morgan fingerprint density at radius 3 is 2.36 bits per heavy atom. The molecule has 6 rings (SSSR count). The van der Waals surface area contributed by atoms with Gasteiger partial charge >= 0.3 is 6.03 Å². The third kappa shape index (κ3) is 3.88. The first-order valence-electron chi connectivity index (χ1n) is 12.1. The molecule has 4 aliphatic carbocycles. The minimum atomic E-state index is -0.609. The van der Waals surface area contributed by atoms with Gasteiger partial charge in [-0.15, -0.1) is 0 Å². The largest absolute Gasteiger partial charge is 0.496 e. The molecule has 1 saturated heterocycles. The molecule has 0 aromatic heterocycles. The van der Waals surface area contributed by atoms with Crippen LogP contribution in [0.3, 0.4) is 0 Å². The van der Waals surface area contributed by atoms with Gasteiger partial charge in [-0.25, -0.2) is 10.3 Å². The molecule has 5 aliphatic rings. The van der Waals surface area contributed by atoms with Gasteiger partial charge in [0.05, 0.1) is 19.2 Å². The number of hydrogen-bond donors (Lipinski definition) is 2. The molecule has 1 unspecified atom stereocenters. The molecular weight excluding hydrogens is 422 g/mol. The fourth-order valence-electron chi connectivity index (χ4n) is 7.40. The number of amides is 4. The summed E-state index contributed by atoms with van der Waals surface area (Å²) < 4.78 is 5.49. The molecule has 1 aromatic rings. The Bertz CT molecular complexity index is 912. The Morgan fingerprint density at radius 1 is 1.12 bits per heavy atom. The van der Waals surface area contributed by atoms with E-state index in [9.17, 15) is 14.4 Å². The zero-order chi connectivity index (χ0) is 23.2. The van der Waals surface area contributed by atoms with Crippen molar-refractivity contribution in [1.29, 1.82) is 0 Å².